The Balaban J connectivity index is 1.71. The van der Waals surface area contributed by atoms with Crippen molar-refractivity contribution in [1.82, 2.24) is 5.32 Å². The molecule has 1 fully saturated rings. The largest absolute Gasteiger partial charge is 0.457 e. The molecule has 2 aromatic rings. The van der Waals surface area contributed by atoms with Crippen LogP contribution >= 0.6 is 11.8 Å². The molecule has 110 valence electrons. The molecule has 6 nitrogen and oxygen atoms in total. The Labute approximate surface area is 129 Å². The fourth-order valence-electron chi connectivity index (χ4n) is 1.76. The van der Waals surface area contributed by atoms with Crippen molar-refractivity contribution in [3.05, 3.63) is 58.9 Å². The number of esters is 1. The van der Waals surface area contributed by atoms with Crippen molar-refractivity contribution in [3.63, 3.8) is 0 Å². The third-order valence-corrected chi connectivity index (χ3v) is 3.56. The van der Waals surface area contributed by atoms with Gasteiger partial charge in [-0.1, -0.05) is 12.1 Å². The first-order valence-corrected chi connectivity index (χ1v) is 7.04. The Kier molecular flexibility index (Phi) is 3.80. The van der Waals surface area contributed by atoms with E-state index in [1.807, 2.05) is 0 Å². The van der Waals surface area contributed by atoms with Crippen LogP contribution in [0.5, 0.6) is 5.75 Å². The van der Waals surface area contributed by atoms with Crippen LogP contribution in [0.4, 0.5) is 4.79 Å². The molecule has 1 aromatic heterocycles. The van der Waals surface area contributed by atoms with Gasteiger partial charge in [-0.2, -0.15) is 0 Å². The summed E-state index contributed by atoms with van der Waals surface area (Å²) in [5, 5.41) is 1.79. The third kappa shape index (κ3) is 3.09. The van der Waals surface area contributed by atoms with E-state index in [2.05, 4.69) is 5.32 Å². The number of imide groups is 1. The third-order valence-electron chi connectivity index (χ3n) is 2.75. The highest BCUT2D eigenvalue weighted by molar-refractivity contribution is 8.18. The predicted octanol–water partition coefficient (Wildman–Crippen LogP) is 2.82. The first kappa shape index (κ1) is 14.2. The second-order valence-electron chi connectivity index (χ2n) is 4.29. The van der Waals surface area contributed by atoms with Gasteiger partial charge in [-0.05, 0) is 47.7 Å². The molecule has 0 aliphatic carbocycles. The lowest BCUT2D eigenvalue weighted by atomic mass is 10.2. The highest BCUT2D eigenvalue weighted by atomic mass is 32.2. The smallest absolute Gasteiger partial charge is 0.379 e. The molecule has 1 aliphatic heterocycles. The lowest BCUT2D eigenvalue weighted by Gasteiger charge is -2.02. The molecular formula is C15H9NO5S. The van der Waals surface area contributed by atoms with Crippen LogP contribution in [-0.2, 0) is 4.79 Å². The van der Waals surface area contributed by atoms with E-state index < -0.39 is 11.9 Å². The summed E-state index contributed by atoms with van der Waals surface area (Å²) < 4.78 is 10.1. The SMILES string of the molecule is O=C1NC(=O)/C(=C/c2ccc(OC(=O)c3ccco3)cc2)S1. The van der Waals surface area contributed by atoms with Gasteiger partial charge in [-0.25, -0.2) is 4.79 Å². The number of hydrogen-bond donors (Lipinski definition) is 1. The van der Waals surface area contributed by atoms with E-state index in [4.69, 9.17) is 9.15 Å². The van der Waals surface area contributed by atoms with Gasteiger partial charge in [-0.3, -0.25) is 14.9 Å². The van der Waals surface area contributed by atoms with Crippen molar-refractivity contribution in [2.24, 2.45) is 0 Å². The zero-order valence-corrected chi connectivity index (χ0v) is 11.9. The van der Waals surface area contributed by atoms with Crippen molar-refractivity contribution in [2.75, 3.05) is 0 Å². The summed E-state index contributed by atoms with van der Waals surface area (Å²) in [6.07, 6.45) is 2.97. The Morgan fingerprint density at radius 2 is 1.95 bits per heavy atom. The molecule has 1 aliphatic rings. The number of ether oxygens (including phenoxy) is 1. The summed E-state index contributed by atoms with van der Waals surface area (Å²) in [5.74, 6) is -0.539. The van der Waals surface area contributed by atoms with Crippen LogP contribution in [0.2, 0.25) is 0 Å². The summed E-state index contributed by atoms with van der Waals surface area (Å²) in [6.45, 7) is 0. The molecule has 0 saturated carbocycles. The number of carbonyl (C=O) groups excluding carboxylic acids is 3. The summed E-state index contributed by atoms with van der Waals surface area (Å²) in [5.41, 5.74) is 0.713. The predicted molar refractivity (Wildman–Crippen MR) is 79.2 cm³/mol. The average Bonchev–Trinajstić information content (AvgIpc) is 3.12. The summed E-state index contributed by atoms with van der Waals surface area (Å²) in [6, 6.07) is 9.63. The fourth-order valence-corrected chi connectivity index (χ4v) is 2.44. The number of benzene rings is 1. The highest BCUT2D eigenvalue weighted by Crippen LogP contribution is 2.26. The van der Waals surface area contributed by atoms with Crippen molar-refractivity contribution in [2.45, 2.75) is 0 Å². The van der Waals surface area contributed by atoms with Crippen LogP contribution in [0.3, 0.4) is 0 Å². The van der Waals surface area contributed by atoms with Crippen LogP contribution in [0.15, 0.2) is 52.0 Å². The molecule has 0 atom stereocenters. The number of carbonyl (C=O) groups is 3. The molecule has 0 unspecified atom stereocenters. The van der Waals surface area contributed by atoms with E-state index >= 15 is 0 Å². The first-order chi connectivity index (χ1) is 10.6. The minimum atomic E-state index is -0.590. The first-order valence-electron chi connectivity index (χ1n) is 6.22. The van der Waals surface area contributed by atoms with Gasteiger partial charge in [0.2, 0.25) is 5.76 Å². The van der Waals surface area contributed by atoms with Gasteiger partial charge in [0, 0.05) is 0 Å². The molecule has 0 spiro atoms. The van der Waals surface area contributed by atoms with E-state index in [9.17, 15) is 14.4 Å². The quantitative estimate of drug-likeness (QED) is 0.532. The van der Waals surface area contributed by atoms with E-state index in [0.717, 1.165) is 11.8 Å². The number of hydrogen-bond acceptors (Lipinski definition) is 6. The van der Waals surface area contributed by atoms with Crippen molar-refractivity contribution < 1.29 is 23.5 Å². The molecule has 0 bridgehead atoms. The van der Waals surface area contributed by atoms with Crippen LogP contribution in [0.25, 0.3) is 6.08 Å². The maximum atomic E-state index is 11.7. The minimum Gasteiger partial charge on any atom is -0.457 e. The lowest BCUT2D eigenvalue weighted by molar-refractivity contribution is -0.115. The highest BCUT2D eigenvalue weighted by Gasteiger charge is 2.24. The lowest BCUT2D eigenvalue weighted by Crippen LogP contribution is -2.17. The molecular weight excluding hydrogens is 306 g/mol. The Morgan fingerprint density at radius 3 is 2.55 bits per heavy atom. The van der Waals surface area contributed by atoms with Gasteiger partial charge in [0.05, 0.1) is 11.2 Å². The molecule has 1 saturated heterocycles. The van der Waals surface area contributed by atoms with Gasteiger partial charge >= 0.3 is 5.97 Å². The molecule has 2 amide bonds. The van der Waals surface area contributed by atoms with Crippen molar-refractivity contribution in [1.29, 1.82) is 0 Å². The molecule has 1 aromatic carbocycles. The topological polar surface area (TPSA) is 85.6 Å². The fraction of sp³-hybridized carbons (Fsp3) is 0. The summed E-state index contributed by atoms with van der Waals surface area (Å²) in [7, 11) is 0. The molecule has 2 heterocycles. The van der Waals surface area contributed by atoms with Crippen molar-refractivity contribution in [3.8, 4) is 5.75 Å². The van der Waals surface area contributed by atoms with Gasteiger partial charge in [0.15, 0.2) is 0 Å². The zero-order chi connectivity index (χ0) is 15.5. The van der Waals surface area contributed by atoms with Crippen molar-refractivity contribution >= 4 is 35.0 Å². The molecule has 1 N–H and O–H groups in total. The maximum absolute atomic E-state index is 11.7. The monoisotopic (exact) mass is 315 g/mol. The standard InChI is InChI=1S/C15H9NO5S/c17-13-12(22-15(19)16-13)8-9-3-5-10(6-4-9)21-14(18)11-2-1-7-20-11/h1-8H,(H,16,17,19)/b12-8-. The van der Waals surface area contributed by atoms with E-state index in [1.165, 1.54) is 12.3 Å². The Hall–Kier alpha value is -2.80. The molecule has 3 rings (SSSR count). The van der Waals surface area contributed by atoms with E-state index in [0.29, 0.717) is 16.2 Å². The van der Waals surface area contributed by atoms with Gasteiger partial charge in [0.1, 0.15) is 5.75 Å². The maximum Gasteiger partial charge on any atom is 0.379 e. The van der Waals surface area contributed by atoms with Gasteiger partial charge < -0.3 is 9.15 Å². The van der Waals surface area contributed by atoms with Crippen LogP contribution in [-0.4, -0.2) is 17.1 Å². The number of thioether (sulfide) groups is 1. The summed E-state index contributed by atoms with van der Waals surface area (Å²) >= 11 is 0.845. The van der Waals surface area contributed by atoms with E-state index in [-0.39, 0.29) is 11.0 Å². The minimum absolute atomic E-state index is 0.115. The molecule has 22 heavy (non-hydrogen) atoms. The average molecular weight is 315 g/mol. The second kappa shape index (κ2) is 5.90. The number of furan rings is 1. The zero-order valence-electron chi connectivity index (χ0n) is 11.1. The number of amides is 2. The molecule has 7 heteroatoms. The normalized spacial score (nSPS) is 15.9. The van der Waals surface area contributed by atoms with E-state index in [1.54, 1.807) is 36.4 Å². The van der Waals surface area contributed by atoms with Gasteiger partial charge in [0.25, 0.3) is 11.1 Å². The van der Waals surface area contributed by atoms with Crippen LogP contribution < -0.4 is 10.1 Å². The van der Waals surface area contributed by atoms with Gasteiger partial charge in [-0.15, -0.1) is 0 Å². The number of rotatable bonds is 3. The Morgan fingerprint density at radius 1 is 1.18 bits per heavy atom. The molecule has 0 radical (unpaired) electrons. The van der Waals surface area contributed by atoms with Crippen LogP contribution in [0.1, 0.15) is 16.1 Å². The van der Waals surface area contributed by atoms with Crippen LogP contribution in [0, 0.1) is 0 Å². The second-order valence-corrected chi connectivity index (χ2v) is 5.30. The summed E-state index contributed by atoms with van der Waals surface area (Å²) in [4.78, 5) is 34.5. The Bertz CT molecular complexity index is 762. The number of nitrogens with one attached hydrogen (secondary N) is 1.